The van der Waals surface area contributed by atoms with Crippen molar-refractivity contribution in [1.82, 2.24) is 20.0 Å². The van der Waals surface area contributed by atoms with Gasteiger partial charge in [-0.1, -0.05) is 13.0 Å². The molecule has 2 N–H and O–H groups in total. The molecular formula is C13H18N4O2S2. The molecule has 6 nitrogen and oxygen atoms in total. The Morgan fingerprint density at radius 3 is 2.71 bits per heavy atom. The van der Waals surface area contributed by atoms with Crippen molar-refractivity contribution < 1.29 is 8.42 Å². The van der Waals surface area contributed by atoms with Crippen LogP contribution in [0.5, 0.6) is 0 Å². The van der Waals surface area contributed by atoms with Crippen LogP contribution in [0.3, 0.4) is 0 Å². The van der Waals surface area contributed by atoms with E-state index in [1.807, 2.05) is 19.4 Å². The Bertz CT molecular complexity index is 654. The van der Waals surface area contributed by atoms with Crippen LogP contribution in [0.2, 0.25) is 0 Å². The largest absolute Gasteiger partial charge is 0.316 e. The van der Waals surface area contributed by atoms with Gasteiger partial charge in [0, 0.05) is 36.8 Å². The molecule has 1 atom stereocenters. The summed E-state index contributed by atoms with van der Waals surface area (Å²) >= 11 is 1.52. The summed E-state index contributed by atoms with van der Waals surface area (Å²) in [4.78, 5) is 8.19. The maximum absolute atomic E-state index is 12.2. The molecule has 0 amide bonds. The summed E-state index contributed by atoms with van der Waals surface area (Å²) in [5.41, 5.74) is 0.938. The first-order valence-electron chi connectivity index (χ1n) is 6.51. The summed E-state index contributed by atoms with van der Waals surface area (Å²) in [7, 11) is -1.76. The molecule has 0 fully saturated rings. The zero-order valence-corrected chi connectivity index (χ0v) is 13.5. The van der Waals surface area contributed by atoms with Crippen molar-refractivity contribution in [3.05, 3.63) is 40.5 Å². The molecule has 0 bridgehead atoms. The number of hydrogen-bond donors (Lipinski definition) is 2. The van der Waals surface area contributed by atoms with Crippen LogP contribution in [0.25, 0.3) is 0 Å². The van der Waals surface area contributed by atoms with E-state index in [1.165, 1.54) is 17.4 Å². The van der Waals surface area contributed by atoms with Crippen molar-refractivity contribution >= 4 is 21.4 Å². The molecule has 0 saturated carbocycles. The Kier molecular flexibility index (Phi) is 5.40. The highest BCUT2D eigenvalue weighted by Crippen LogP contribution is 2.17. The van der Waals surface area contributed by atoms with Gasteiger partial charge in [0.25, 0.3) is 10.0 Å². The zero-order chi connectivity index (χ0) is 15.3. The molecule has 0 saturated heterocycles. The Hall–Kier alpha value is -1.35. The SMILES string of the molecule is CNCc1ccc(S(=O)(=O)NCC(C)c2nccs2)nc1. The molecule has 0 spiro atoms. The lowest BCUT2D eigenvalue weighted by molar-refractivity contribution is 0.570. The summed E-state index contributed by atoms with van der Waals surface area (Å²) in [5, 5.41) is 5.81. The highest BCUT2D eigenvalue weighted by atomic mass is 32.2. The number of aromatic nitrogens is 2. The molecule has 2 aromatic rings. The Labute approximate surface area is 128 Å². The first-order chi connectivity index (χ1) is 10.0. The number of rotatable bonds is 7. The molecule has 2 aromatic heterocycles. The molecule has 0 radical (unpaired) electrons. The molecule has 2 heterocycles. The smallest absolute Gasteiger partial charge is 0.258 e. The molecule has 8 heteroatoms. The van der Waals surface area contributed by atoms with Crippen molar-refractivity contribution in [2.45, 2.75) is 24.4 Å². The van der Waals surface area contributed by atoms with Gasteiger partial charge >= 0.3 is 0 Å². The van der Waals surface area contributed by atoms with Crippen LogP contribution < -0.4 is 10.0 Å². The Balaban J connectivity index is 2.01. The fourth-order valence-corrected chi connectivity index (χ4v) is 3.51. The fourth-order valence-electron chi connectivity index (χ4n) is 1.75. The third-order valence-electron chi connectivity index (χ3n) is 2.91. The average Bonchev–Trinajstić information content (AvgIpc) is 3.00. The number of hydrogen-bond acceptors (Lipinski definition) is 6. The van der Waals surface area contributed by atoms with Crippen molar-refractivity contribution in [3.8, 4) is 0 Å². The number of nitrogens with zero attached hydrogens (tertiary/aromatic N) is 2. The first kappa shape index (κ1) is 16.0. The monoisotopic (exact) mass is 326 g/mol. The summed E-state index contributed by atoms with van der Waals surface area (Å²) in [6, 6.07) is 3.27. The lowest BCUT2D eigenvalue weighted by Crippen LogP contribution is -2.28. The van der Waals surface area contributed by atoms with E-state index < -0.39 is 10.0 Å². The number of sulfonamides is 1. The van der Waals surface area contributed by atoms with Crippen LogP contribution in [0.1, 0.15) is 23.4 Å². The first-order valence-corrected chi connectivity index (χ1v) is 8.88. The molecule has 114 valence electrons. The quantitative estimate of drug-likeness (QED) is 0.802. The second-order valence-corrected chi connectivity index (χ2v) is 7.30. The van der Waals surface area contributed by atoms with Crippen LogP contribution in [0.15, 0.2) is 34.9 Å². The molecule has 21 heavy (non-hydrogen) atoms. The van der Waals surface area contributed by atoms with Gasteiger partial charge in [-0.25, -0.2) is 23.1 Å². The fraction of sp³-hybridized carbons (Fsp3) is 0.385. The Morgan fingerprint density at radius 2 is 2.14 bits per heavy atom. The van der Waals surface area contributed by atoms with Gasteiger partial charge in [0.2, 0.25) is 0 Å². The molecule has 0 aromatic carbocycles. The average molecular weight is 326 g/mol. The van der Waals surface area contributed by atoms with Crippen LogP contribution in [0, 0.1) is 0 Å². The lowest BCUT2D eigenvalue weighted by Gasteiger charge is -2.10. The standard InChI is InChI=1S/C13H18N4O2S2/c1-10(13-15-5-6-20-13)7-17-21(18,19)12-4-3-11(8-14-2)9-16-12/h3-6,9-10,14,17H,7-8H2,1-2H3. The van der Waals surface area contributed by atoms with E-state index in [0.29, 0.717) is 13.1 Å². The van der Waals surface area contributed by atoms with Gasteiger partial charge in [-0.3, -0.25) is 0 Å². The van der Waals surface area contributed by atoms with Crippen molar-refractivity contribution in [2.24, 2.45) is 0 Å². The van der Waals surface area contributed by atoms with Gasteiger partial charge < -0.3 is 5.32 Å². The van der Waals surface area contributed by atoms with E-state index in [2.05, 4.69) is 20.0 Å². The van der Waals surface area contributed by atoms with Gasteiger partial charge in [0.15, 0.2) is 5.03 Å². The van der Waals surface area contributed by atoms with Crippen molar-refractivity contribution in [3.63, 3.8) is 0 Å². The van der Waals surface area contributed by atoms with Gasteiger partial charge in [0.1, 0.15) is 0 Å². The van der Waals surface area contributed by atoms with E-state index in [-0.39, 0.29) is 10.9 Å². The van der Waals surface area contributed by atoms with E-state index >= 15 is 0 Å². The summed E-state index contributed by atoms with van der Waals surface area (Å²) in [6.45, 7) is 2.89. The van der Waals surface area contributed by atoms with Gasteiger partial charge in [0.05, 0.1) is 5.01 Å². The van der Waals surface area contributed by atoms with Gasteiger partial charge in [-0.05, 0) is 18.7 Å². The summed E-state index contributed by atoms with van der Waals surface area (Å²) in [5.74, 6) is 0.0309. The highest BCUT2D eigenvalue weighted by Gasteiger charge is 2.18. The topological polar surface area (TPSA) is 84.0 Å². The third-order valence-corrected chi connectivity index (χ3v) is 5.25. The minimum Gasteiger partial charge on any atom is -0.316 e. The molecule has 1 unspecified atom stereocenters. The van der Waals surface area contributed by atoms with Crippen LogP contribution in [-0.4, -0.2) is 32.0 Å². The summed E-state index contributed by atoms with van der Waals surface area (Å²) in [6.07, 6.45) is 3.28. The second kappa shape index (κ2) is 7.08. The third kappa shape index (κ3) is 4.31. The predicted octanol–water partition coefficient (Wildman–Crippen LogP) is 1.34. The van der Waals surface area contributed by atoms with Crippen LogP contribution in [-0.2, 0) is 16.6 Å². The van der Waals surface area contributed by atoms with Crippen LogP contribution >= 0.6 is 11.3 Å². The van der Waals surface area contributed by atoms with Crippen LogP contribution in [0.4, 0.5) is 0 Å². The maximum Gasteiger partial charge on any atom is 0.258 e. The van der Waals surface area contributed by atoms with Gasteiger partial charge in [-0.15, -0.1) is 11.3 Å². The Morgan fingerprint density at radius 1 is 1.33 bits per heavy atom. The highest BCUT2D eigenvalue weighted by molar-refractivity contribution is 7.89. The number of nitrogens with one attached hydrogen (secondary N) is 2. The minimum absolute atomic E-state index is 0.0309. The van der Waals surface area contributed by atoms with Crippen molar-refractivity contribution in [1.29, 1.82) is 0 Å². The maximum atomic E-state index is 12.2. The lowest BCUT2D eigenvalue weighted by atomic mass is 10.2. The predicted molar refractivity (Wildman–Crippen MR) is 82.7 cm³/mol. The second-order valence-electron chi connectivity index (χ2n) is 4.66. The van der Waals surface area contributed by atoms with E-state index in [4.69, 9.17) is 0 Å². The molecule has 0 aliphatic rings. The van der Waals surface area contributed by atoms with E-state index in [9.17, 15) is 8.42 Å². The minimum atomic E-state index is -3.58. The van der Waals surface area contributed by atoms with E-state index in [1.54, 1.807) is 18.5 Å². The summed E-state index contributed by atoms with van der Waals surface area (Å²) < 4.78 is 26.9. The number of thiazole rings is 1. The molecule has 2 rings (SSSR count). The zero-order valence-electron chi connectivity index (χ0n) is 11.9. The molecule has 0 aliphatic heterocycles. The molecule has 0 aliphatic carbocycles. The number of pyridine rings is 1. The van der Waals surface area contributed by atoms with E-state index in [0.717, 1.165) is 10.6 Å². The molecular weight excluding hydrogens is 308 g/mol. The normalized spacial score (nSPS) is 13.2. The van der Waals surface area contributed by atoms with Gasteiger partial charge in [-0.2, -0.15) is 0 Å². The van der Waals surface area contributed by atoms with Crippen molar-refractivity contribution in [2.75, 3.05) is 13.6 Å².